The fourth-order valence-corrected chi connectivity index (χ4v) is 2.65. The standard InChI is InChI=1S/C16H26N4/c1-19(2)15(14-9-5-3-6-10-14)13-18-16(17)20-11-7-4-8-12-20/h3,5-6,9-10,15H,4,7-8,11-13H2,1-2H3,(H2,17,18). The van der Waals surface area contributed by atoms with Crippen LogP contribution in [0.4, 0.5) is 0 Å². The minimum Gasteiger partial charge on any atom is -0.370 e. The van der Waals surface area contributed by atoms with Gasteiger partial charge in [-0.2, -0.15) is 0 Å². The minimum absolute atomic E-state index is 0.277. The summed E-state index contributed by atoms with van der Waals surface area (Å²) in [6.45, 7) is 2.81. The van der Waals surface area contributed by atoms with Crippen LogP contribution in [0, 0.1) is 0 Å². The van der Waals surface area contributed by atoms with Gasteiger partial charge in [-0.15, -0.1) is 0 Å². The molecule has 1 atom stereocenters. The fraction of sp³-hybridized carbons (Fsp3) is 0.562. The Morgan fingerprint density at radius 1 is 1.20 bits per heavy atom. The molecule has 0 saturated carbocycles. The first kappa shape index (κ1) is 14.9. The van der Waals surface area contributed by atoms with Crippen LogP contribution in [0.25, 0.3) is 0 Å². The lowest BCUT2D eigenvalue weighted by Crippen LogP contribution is -2.41. The Labute approximate surface area is 122 Å². The zero-order valence-corrected chi connectivity index (χ0v) is 12.6. The molecule has 1 aromatic rings. The lowest BCUT2D eigenvalue weighted by Gasteiger charge is -2.28. The second-order valence-electron chi connectivity index (χ2n) is 5.64. The van der Waals surface area contributed by atoms with Crippen LogP contribution in [-0.2, 0) is 0 Å². The van der Waals surface area contributed by atoms with Crippen LogP contribution in [0.1, 0.15) is 30.9 Å². The Balaban J connectivity index is 2.01. The number of hydrogen-bond acceptors (Lipinski definition) is 2. The van der Waals surface area contributed by atoms with Gasteiger partial charge in [0.25, 0.3) is 0 Å². The summed E-state index contributed by atoms with van der Waals surface area (Å²) >= 11 is 0. The van der Waals surface area contributed by atoms with Gasteiger partial charge in [0, 0.05) is 13.1 Å². The maximum absolute atomic E-state index is 6.13. The third-order valence-corrected chi connectivity index (χ3v) is 3.91. The Morgan fingerprint density at radius 2 is 1.85 bits per heavy atom. The first-order valence-electron chi connectivity index (χ1n) is 7.44. The number of likely N-dealkylation sites (N-methyl/N-ethyl adjacent to an activating group) is 1. The number of nitrogens with two attached hydrogens (primary N) is 1. The van der Waals surface area contributed by atoms with E-state index in [-0.39, 0.29) is 6.04 Å². The quantitative estimate of drug-likeness (QED) is 0.675. The largest absolute Gasteiger partial charge is 0.370 e. The molecule has 1 aliphatic rings. The van der Waals surface area contributed by atoms with Crippen LogP contribution in [0.15, 0.2) is 35.3 Å². The predicted molar refractivity (Wildman–Crippen MR) is 84.8 cm³/mol. The average molecular weight is 274 g/mol. The minimum atomic E-state index is 0.277. The van der Waals surface area contributed by atoms with Crippen LogP contribution in [0.5, 0.6) is 0 Å². The molecule has 4 heteroatoms. The van der Waals surface area contributed by atoms with E-state index >= 15 is 0 Å². The van der Waals surface area contributed by atoms with E-state index in [1.165, 1.54) is 24.8 Å². The number of piperidine rings is 1. The molecular formula is C16H26N4. The molecule has 1 saturated heterocycles. The Hall–Kier alpha value is -1.55. The highest BCUT2D eigenvalue weighted by Crippen LogP contribution is 2.18. The molecule has 1 heterocycles. The summed E-state index contributed by atoms with van der Waals surface area (Å²) in [7, 11) is 4.18. The Kier molecular flexibility index (Phi) is 5.41. The van der Waals surface area contributed by atoms with Crippen molar-refractivity contribution in [2.24, 2.45) is 10.7 Å². The van der Waals surface area contributed by atoms with Crippen LogP contribution in [0.3, 0.4) is 0 Å². The Bertz CT molecular complexity index is 421. The molecule has 0 amide bonds. The van der Waals surface area contributed by atoms with Crippen molar-refractivity contribution < 1.29 is 0 Å². The molecule has 0 aromatic heterocycles. The van der Waals surface area contributed by atoms with E-state index < -0.39 is 0 Å². The first-order chi connectivity index (χ1) is 9.68. The highest BCUT2D eigenvalue weighted by atomic mass is 15.3. The number of guanidine groups is 1. The van der Waals surface area contributed by atoms with E-state index in [0.29, 0.717) is 12.5 Å². The third-order valence-electron chi connectivity index (χ3n) is 3.91. The van der Waals surface area contributed by atoms with Gasteiger partial charge in [-0.1, -0.05) is 30.3 Å². The van der Waals surface area contributed by atoms with Crippen molar-refractivity contribution >= 4 is 5.96 Å². The molecule has 2 rings (SSSR count). The molecule has 0 radical (unpaired) electrons. The van der Waals surface area contributed by atoms with Crippen molar-refractivity contribution in [3.63, 3.8) is 0 Å². The molecule has 0 bridgehead atoms. The second kappa shape index (κ2) is 7.29. The molecule has 1 aromatic carbocycles. The van der Waals surface area contributed by atoms with E-state index in [2.05, 4.69) is 53.2 Å². The molecule has 110 valence electrons. The number of rotatable bonds is 4. The fourth-order valence-electron chi connectivity index (χ4n) is 2.65. The molecule has 0 spiro atoms. The van der Waals surface area contributed by atoms with Gasteiger partial charge >= 0.3 is 0 Å². The number of hydrogen-bond donors (Lipinski definition) is 1. The first-order valence-corrected chi connectivity index (χ1v) is 7.44. The Morgan fingerprint density at radius 3 is 2.45 bits per heavy atom. The second-order valence-corrected chi connectivity index (χ2v) is 5.64. The van der Waals surface area contributed by atoms with Gasteiger partial charge in [-0.25, -0.2) is 0 Å². The SMILES string of the molecule is CN(C)C(CN=C(N)N1CCCCC1)c1ccccc1. The maximum Gasteiger partial charge on any atom is 0.191 e. The van der Waals surface area contributed by atoms with Crippen LogP contribution < -0.4 is 5.73 Å². The molecule has 20 heavy (non-hydrogen) atoms. The molecule has 1 aliphatic heterocycles. The smallest absolute Gasteiger partial charge is 0.191 e. The number of likely N-dealkylation sites (tertiary alicyclic amines) is 1. The average Bonchev–Trinajstić information content (AvgIpc) is 2.49. The number of benzene rings is 1. The molecule has 1 fully saturated rings. The number of aliphatic imine (C=N–C) groups is 1. The summed E-state index contributed by atoms with van der Waals surface area (Å²) in [4.78, 5) is 9.03. The van der Waals surface area contributed by atoms with Gasteiger partial charge in [0.2, 0.25) is 0 Å². The molecule has 1 unspecified atom stereocenters. The lowest BCUT2D eigenvalue weighted by atomic mass is 10.1. The highest BCUT2D eigenvalue weighted by Gasteiger charge is 2.15. The van der Waals surface area contributed by atoms with Crippen molar-refractivity contribution in [3.8, 4) is 0 Å². The van der Waals surface area contributed by atoms with Gasteiger partial charge in [0.15, 0.2) is 5.96 Å². The van der Waals surface area contributed by atoms with E-state index in [1.807, 2.05) is 6.07 Å². The van der Waals surface area contributed by atoms with Crippen LogP contribution in [0.2, 0.25) is 0 Å². The molecule has 2 N–H and O–H groups in total. The summed E-state index contributed by atoms with van der Waals surface area (Å²) in [6.07, 6.45) is 3.77. The summed E-state index contributed by atoms with van der Waals surface area (Å²) in [5.41, 5.74) is 7.42. The van der Waals surface area contributed by atoms with E-state index in [1.54, 1.807) is 0 Å². The van der Waals surface area contributed by atoms with Crippen molar-refractivity contribution in [2.75, 3.05) is 33.7 Å². The zero-order valence-electron chi connectivity index (χ0n) is 12.6. The topological polar surface area (TPSA) is 44.9 Å². The van der Waals surface area contributed by atoms with Crippen LogP contribution in [-0.4, -0.2) is 49.5 Å². The van der Waals surface area contributed by atoms with Gasteiger partial charge in [0.1, 0.15) is 0 Å². The molecular weight excluding hydrogens is 248 g/mol. The predicted octanol–water partition coefficient (Wildman–Crippen LogP) is 2.09. The summed E-state index contributed by atoms with van der Waals surface area (Å²) in [5, 5.41) is 0. The van der Waals surface area contributed by atoms with Gasteiger partial charge < -0.3 is 15.5 Å². The van der Waals surface area contributed by atoms with Gasteiger partial charge in [-0.05, 0) is 38.9 Å². The van der Waals surface area contributed by atoms with Gasteiger partial charge in [0.05, 0.1) is 12.6 Å². The van der Waals surface area contributed by atoms with Crippen LogP contribution >= 0.6 is 0 Å². The van der Waals surface area contributed by atoms with Crippen molar-refractivity contribution in [2.45, 2.75) is 25.3 Å². The summed E-state index contributed by atoms with van der Waals surface area (Å²) in [6, 6.07) is 10.8. The van der Waals surface area contributed by atoms with E-state index in [9.17, 15) is 0 Å². The maximum atomic E-state index is 6.13. The lowest BCUT2D eigenvalue weighted by molar-refractivity contribution is 0.302. The number of nitrogens with zero attached hydrogens (tertiary/aromatic N) is 3. The highest BCUT2D eigenvalue weighted by molar-refractivity contribution is 5.78. The van der Waals surface area contributed by atoms with Crippen molar-refractivity contribution in [1.82, 2.24) is 9.80 Å². The molecule has 4 nitrogen and oxygen atoms in total. The van der Waals surface area contributed by atoms with E-state index in [0.717, 1.165) is 13.1 Å². The normalized spacial score (nSPS) is 18.4. The summed E-state index contributed by atoms with van der Waals surface area (Å²) in [5.74, 6) is 0.701. The zero-order chi connectivity index (χ0) is 14.4. The summed E-state index contributed by atoms with van der Waals surface area (Å²) < 4.78 is 0. The third kappa shape index (κ3) is 3.97. The monoisotopic (exact) mass is 274 g/mol. The van der Waals surface area contributed by atoms with Gasteiger partial charge in [-0.3, -0.25) is 4.99 Å². The van der Waals surface area contributed by atoms with E-state index in [4.69, 9.17) is 5.73 Å². The van der Waals surface area contributed by atoms with Crippen molar-refractivity contribution in [1.29, 1.82) is 0 Å². The van der Waals surface area contributed by atoms with Crippen molar-refractivity contribution in [3.05, 3.63) is 35.9 Å². The molecule has 0 aliphatic carbocycles.